The summed E-state index contributed by atoms with van der Waals surface area (Å²) in [6.45, 7) is 2.82. The van der Waals surface area contributed by atoms with E-state index in [1.807, 2.05) is 7.05 Å². The van der Waals surface area contributed by atoms with Crippen LogP contribution in [0.4, 0.5) is 0 Å². The predicted octanol–water partition coefficient (Wildman–Crippen LogP) is 1.41. The number of carboxylic acid groups (broad SMARTS) is 1. The summed E-state index contributed by atoms with van der Waals surface area (Å²) >= 11 is 0. The third-order valence-corrected chi connectivity index (χ3v) is 3.18. The van der Waals surface area contributed by atoms with Crippen LogP contribution in [0.15, 0.2) is 4.52 Å². The molecule has 0 aliphatic carbocycles. The van der Waals surface area contributed by atoms with Gasteiger partial charge in [-0.3, -0.25) is 9.69 Å². The lowest BCUT2D eigenvalue weighted by Gasteiger charge is -2.14. The monoisotopic (exact) mass is 239 g/mol. The van der Waals surface area contributed by atoms with Crippen molar-refractivity contribution in [1.82, 2.24) is 15.0 Å². The highest BCUT2D eigenvalue weighted by molar-refractivity contribution is 5.67. The topological polar surface area (TPSA) is 79.5 Å². The number of likely N-dealkylation sites (tertiary alicyclic amines) is 1. The molecule has 1 aromatic rings. The molecule has 6 heteroatoms. The van der Waals surface area contributed by atoms with E-state index in [1.165, 1.54) is 0 Å². The summed E-state index contributed by atoms with van der Waals surface area (Å²) in [4.78, 5) is 17.1. The first-order valence-electron chi connectivity index (χ1n) is 5.83. The summed E-state index contributed by atoms with van der Waals surface area (Å²) < 4.78 is 5.14. The van der Waals surface area contributed by atoms with Crippen LogP contribution in [0.3, 0.4) is 0 Å². The third kappa shape index (κ3) is 2.63. The van der Waals surface area contributed by atoms with Gasteiger partial charge in [-0.05, 0) is 26.4 Å². The Hall–Kier alpha value is -1.43. The molecule has 1 saturated heterocycles. The number of hydrogen-bond donors (Lipinski definition) is 1. The highest BCUT2D eigenvalue weighted by Crippen LogP contribution is 2.29. The number of aromatic nitrogens is 2. The van der Waals surface area contributed by atoms with Gasteiger partial charge >= 0.3 is 5.97 Å². The van der Waals surface area contributed by atoms with Crippen LogP contribution >= 0.6 is 0 Å². The Morgan fingerprint density at radius 3 is 3.06 bits per heavy atom. The zero-order valence-electron chi connectivity index (χ0n) is 10.1. The fourth-order valence-corrected chi connectivity index (χ4v) is 2.17. The number of hydrogen-bond acceptors (Lipinski definition) is 5. The fourth-order valence-electron chi connectivity index (χ4n) is 2.17. The molecule has 0 aromatic carbocycles. The molecule has 0 bridgehead atoms. The van der Waals surface area contributed by atoms with Crippen LogP contribution in [0, 0.1) is 0 Å². The lowest BCUT2D eigenvalue weighted by atomic mass is 10.1. The molecule has 94 valence electrons. The summed E-state index contributed by atoms with van der Waals surface area (Å²) in [6.07, 6.45) is 2.18. The fraction of sp³-hybridized carbons (Fsp3) is 0.727. The van der Waals surface area contributed by atoms with Crippen LogP contribution in [0.2, 0.25) is 0 Å². The van der Waals surface area contributed by atoms with Crippen LogP contribution in [-0.2, 0) is 4.79 Å². The minimum absolute atomic E-state index is 0.0160. The highest BCUT2D eigenvalue weighted by atomic mass is 16.5. The van der Waals surface area contributed by atoms with Crippen molar-refractivity contribution in [1.29, 1.82) is 0 Å². The molecule has 1 aliphatic heterocycles. The van der Waals surface area contributed by atoms with Gasteiger partial charge < -0.3 is 9.63 Å². The maximum atomic E-state index is 10.6. The van der Waals surface area contributed by atoms with Gasteiger partial charge in [0.25, 0.3) is 0 Å². The number of aliphatic carboxylic acids is 1. The van der Waals surface area contributed by atoms with Gasteiger partial charge in [0.2, 0.25) is 5.89 Å². The Balaban J connectivity index is 2.07. The average molecular weight is 239 g/mol. The van der Waals surface area contributed by atoms with Crippen molar-refractivity contribution < 1.29 is 14.4 Å². The molecule has 1 aromatic heterocycles. The SMILES string of the molecule is CC(CC(=O)O)c1nc(C2CCCN2C)no1. The van der Waals surface area contributed by atoms with Gasteiger partial charge in [-0.25, -0.2) is 0 Å². The van der Waals surface area contributed by atoms with Gasteiger partial charge in [-0.1, -0.05) is 12.1 Å². The van der Waals surface area contributed by atoms with Gasteiger partial charge in [0.15, 0.2) is 5.82 Å². The second kappa shape index (κ2) is 4.83. The molecular formula is C11H17N3O3. The average Bonchev–Trinajstić information content (AvgIpc) is 2.84. The summed E-state index contributed by atoms with van der Waals surface area (Å²) in [5, 5.41) is 12.7. The van der Waals surface area contributed by atoms with Gasteiger partial charge in [-0.2, -0.15) is 4.98 Å². The minimum atomic E-state index is -0.852. The molecule has 2 atom stereocenters. The molecule has 1 aliphatic rings. The number of carbonyl (C=O) groups is 1. The van der Waals surface area contributed by atoms with E-state index in [4.69, 9.17) is 9.63 Å². The van der Waals surface area contributed by atoms with Gasteiger partial charge in [0.1, 0.15) is 0 Å². The largest absolute Gasteiger partial charge is 0.481 e. The molecule has 1 fully saturated rings. The van der Waals surface area contributed by atoms with Gasteiger partial charge in [-0.15, -0.1) is 0 Å². The smallest absolute Gasteiger partial charge is 0.304 e. The summed E-state index contributed by atoms with van der Waals surface area (Å²) in [7, 11) is 2.04. The lowest BCUT2D eigenvalue weighted by molar-refractivity contribution is -0.137. The van der Waals surface area contributed by atoms with Crippen molar-refractivity contribution in [3.8, 4) is 0 Å². The molecule has 2 heterocycles. The van der Waals surface area contributed by atoms with E-state index in [0.29, 0.717) is 11.7 Å². The van der Waals surface area contributed by atoms with Crippen molar-refractivity contribution in [3.05, 3.63) is 11.7 Å². The van der Waals surface area contributed by atoms with Crippen molar-refractivity contribution in [2.75, 3.05) is 13.6 Å². The maximum Gasteiger partial charge on any atom is 0.304 e. The van der Waals surface area contributed by atoms with Crippen LogP contribution in [0.1, 0.15) is 49.9 Å². The maximum absolute atomic E-state index is 10.6. The van der Waals surface area contributed by atoms with E-state index >= 15 is 0 Å². The number of carboxylic acids is 1. The minimum Gasteiger partial charge on any atom is -0.481 e. The summed E-state index contributed by atoms with van der Waals surface area (Å²) in [6, 6.07) is 0.213. The third-order valence-electron chi connectivity index (χ3n) is 3.18. The van der Waals surface area contributed by atoms with Crippen molar-refractivity contribution >= 4 is 5.97 Å². The van der Waals surface area contributed by atoms with E-state index < -0.39 is 5.97 Å². The van der Waals surface area contributed by atoms with E-state index in [2.05, 4.69) is 15.0 Å². The van der Waals surface area contributed by atoms with Gasteiger partial charge in [0.05, 0.1) is 12.5 Å². The normalized spacial score (nSPS) is 22.8. The number of nitrogens with zero attached hydrogens (tertiary/aromatic N) is 3. The summed E-state index contributed by atoms with van der Waals surface area (Å²) in [5.74, 6) is 0.00984. The Morgan fingerprint density at radius 1 is 1.71 bits per heavy atom. The Bertz CT molecular complexity index is 404. The molecule has 0 amide bonds. The molecule has 17 heavy (non-hydrogen) atoms. The quantitative estimate of drug-likeness (QED) is 0.855. The second-order valence-electron chi connectivity index (χ2n) is 4.63. The molecule has 0 saturated carbocycles. The van der Waals surface area contributed by atoms with E-state index in [0.717, 1.165) is 19.4 Å². The first-order valence-corrected chi connectivity index (χ1v) is 5.83. The standard InChI is InChI=1S/C11H17N3O3/c1-7(6-9(15)16)11-12-10(13-17-11)8-4-3-5-14(8)2/h7-8H,3-6H2,1-2H3,(H,15,16). The first kappa shape index (κ1) is 12.0. The van der Waals surface area contributed by atoms with E-state index in [9.17, 15) is 4.79 Å². The lowest BCUT2D eigenvalue weighted by Crippen LogP contribution is -2.18. The van der Waals surface area contributed by atoms with Crippen molar-refractivity contribution in [2.24, 2.45) is 0 Å². The Labute approximate surface area is 99.6 Å². The summed E-state index contributed by atoms with van der Waals surface area (Å²) in [5.41, 5.74) is 0. The van der Waals surface area contributed by atoms with Crippen LogP contribution in [-0.4, -0.2) is 39.7 Å². The molecule has 2 unspecified atom stereocenters. The van der Waals surface area contributed by atoms with Crippen molar-refractivity contribution in [2.45, 2.75) is 38.1 Å². The zero-order valence-corrected chi connectivity index (χ0v) is 10.1. The Morgan fingerprint density at radius 2 is 2.47 bits per heavy atom. The second-order valence-corrected chi connectivity index (χ2v) is 4.63. The molecule has 0 spiro atoms. The predicted molar refractivity (Wildman–Crippen MR) is 59.6 cm³/mol. The molecule has 0 radical (unpaired) electrons. The molecule has 6 nitrogen and oxygen atoms in total. The zero-order chi connectivity index (χ0) is 12.4. The van der Waals surface area contributed by atoms with Gasteiger partial charge in [0, 0.05) is 5.92 Å². The molecule has 1 N–H and O–H groups in total. The first-order chi connectivity index (χ1) is 8.08. The van der Waals surface area contributed by atoms with Crippen LogP contribution < -0.4 is 0 Å². The van der Waals surface area contributed by atoms with E-state index in [-0.39, 0.29) is 18.4 Å². The molecule has 2 rings (SSSR count). The molecular weight excluding hydrogens is 222 g/mol. The van der Waals surface area contributed by atoms with Crippen LogP contribution in [0.5, 0.6) is 0 Å². The number of rotatable bonds is 4. The highest BCUT2D eigenvalue weighted by Gasteiger charge is 2.28. The van der Waals surface area contributed by atoms with Crippen LogP contribution in [0.25, 0.3) is 0 Å². The van der Waals surface area contributed by atoms with Crippen molar-refractivity contribution in [3.63, 3.8) is 0 Å². The van der Waals surface area contributed by atoms with E-state index in [1.54, 1.807) is 6.92 Å². The Kier molecular flexibility index (Phi) is 3.42.